The molecule has 0 aliphatic heterocycles. The average Bonchev–Trinajstić information content (AvgIpc) is 2.38. The molecule has 6 heteroatoms. The van der Waals surface area contributed by atoms with Crippen LogP contribution in [0.4, 0.5) is 0 Å². The average molecular weight is 247 g/mol. The third kappa shape index (κ3) is 4.09. The first-order valence-corrected chi connectivity index (χ1v) is 5.07. The van der Waals surface area contributed by atoms with Gasteiger partial charge in [0.2, 0.25) is 0 Å². The van der Waals surface area contributed by atoms with E-state index in [4.69, 9.17) is 10.5 Å². The molecule has 1 aromatic carbocycles. The van der Waals surface area contributed by atoms with Gasteiger partial charge in [-0.1, -0.05) is 18.2 Å². The third-order valence-electron chi connectivity index (χ3n) is 1.97. The monoisotopic (exact) mass is 247 g/mol. The number of primary amides is 1. The predicted octanol–water partition coefficient (Wildman–Crippen LogP) is 0.296. The highest BCUT2D eigenvalue weighted by Crippen LogP contribution is 2.18. The molecule has 0 saturated carbocycles. The Labute approximate surface area is 104 Å². The summed E-state index contributed by atoms with van der Waals surface area (Å²) in [4.78, 5) is 21.1. The van der Waals surface area contributed by atoms with Gasteiger partial charge in [-0.2, -0.15) is 5.10 Å². The minimum atomic E-state index is -1.08. The van der Waals surface area contributed by atoms with Crippen LogP contribution in [0.25, 0.3) is 6.08 Å². The number of hydrogen-bond acceptors (Lipinski definition) is 4. The Morgan fingerprint density at radius 3 is 2.78 bits per heavy atom. The van der Waals surface area contributed by atoms with Crippen molar-refractivity contribution in [3.8, 4) is 5.75 Å². The molecule has 18 heavy (non-hydrogen) atoms. The topological polar surface area (TPSA) is 93.8 Å². The number of nitrogens with one attached hydrogen (secondary N) is 1. The number of nitrogens with two attached hydrogens (primary N) is 1. The molecule has 1 rings (SSSR count). The smallest absolute Gasteiger partial charge is 0.329 e. The van der Waals surface area contributed by atoms with E-state index >= 15 is 0 Å². The summed E-state index contributed by atoms with van der Waals surface area (Å²) in [6.07, 6.45) is 4.67. The predicted molar refractivity (Wildman–Crippen MR) is 67.9 cm³/mol. The Kier molecular flexibility index (Phi) is 5.11. The molecular weight excluding hydrogens is 234 g/mol. The van der Waals surface area contributed by atoms with E-state index in [0.29, 0.717) is 0 Å². The van der Waals surface area contributed by atoms with Crippen molar-refractivity contribution in [2.45, 2.75) is 0 Å². The van der Waals surface area contributed by atoms with Crippen molar-refractivity contribution in [3.63, 3.8) is 0 Å². The summed E-state index contributed by atoms with van der Waals surface area (Å²) in [7, 11) is 1.58. The van der Waals surface area contributed by atoms with Gasteiger partial charge in [-0.25, -0.2) is 5.43 Å². The first kappa shape index (κ1) is 13.4. The Balaban J connectivity index is 2.57. The van der Waals surface area contributed by atoms with Crippen LogP contribution in [0.1, 0.15) is 5.56 Å². The van der Waals surface area contributed by atoms with Crippen LogP contribution in [0.3, 0.4) is 0 Å². The van der Waals surface area contributed by atoms with Gasteiger partial charge in [-0.15, -0.1) is 0 Å². The molecule has 0 aliphatic rings. The van der Waals surface area contributed by atoms with Crippen molar-refractivity contribution in [1.82, 2.24) is 5.43 Å². The summed E-state index contributed by atoms with van der Waals surface area (Å²) in [5.74, 6) is -1.32. The quantitative estimate of drug-likeness (QED) is 0.455. The van der Waals surface area contributed by atoms with E-state index in [1.165, 1.54) is 6.21 Å². The normalized spacial score (nSPS) is 10.7. The highest BCUT2D eigenvalue weighted by molar-refractivity contribution is 6.34. The van der Waals surface area contributed by atoms with Gasteiger partial charge in [0.1, 0.15) is 5.75 Å². The number of hydrazone groups is 1. The van der Waals surface area contributed by atoms with Crippen LogP contribution in [-0.4, -0.2) is 25.1 Å². The molecule has 0 aliphatic carbocycles. The maximum Gasteiger partial charge on any atom is 0.329 e. The van der Waals surface area contributed by atoms with Crippen LogP contribution in [-0.2, 0) is 9.59 Å². The number of methoxy groups -OCH3 is 1. The molecule has 0 bridgehead atoms. The van der Waals surface area contributed by atoms with Gasteiger partial charge in [-0.3, -0.25) is 9.59 Å². The van der Waals surface area contributed by atoms with Gasteiger partial charge in [-0.05, 0) is 18.2 Å². The number of amides is 2. The van der Waals surface area contributed by atoms with Gasteiger partial charge < -0.3 is 10.5 Å². The van der Waals surface area contributed by atoms with E-state index in [9.17, 15) is 9.59 Å². The number of ether oxygens (including phenoxy) is 1. The summed E-state index contributed by atoms with van der Waals surface area (Å²) in [5.41, 5.74) is 7.56. The van der Waals surface area contributed by atoms with E-state index < -0.39 is 11.8 Å². The first-order valence-electron chi connectivity index (χ1n) is 5.07. The molecular formula is C12H13N3O3. The van der Waals surface area contributed by atoms with Crippen molar-refractivity contribution >= 4 is 24.1 Å². The number of allylic oxidation sites excluding steroid dienone is 1. The number of benzene rings is 1. The second-order valence-corrected chi connectivity index (χ2v) is 3.18. The fourth-order valence-corrected chi connectivity index (χ4v) is 1.14. The van der Waals surface area contributed by atoms with Gasteiger partial charge in [0.25, 0.3) is 0 Å². The zero-order valence-corrected chi connectivity index (χ0v) is 9.79. The summed E-state index contributed by atoms with van der Waals surface area (Å²) < 4.78 is 5.15. The molecule has 0 aromatic heterocycles. The number of para-hydroxylation sites is 1. The van der Waals surface area contributed by atoms with E-state index in [-0.39, 0.29) is 0 Å². The summed E-state index contributed by atoms with van der Waals surface area (Å²) in [5, 5.41) is 3.51. The van der Waals surface area contributed by atoms with Crippen LogP contribution in [0.15, 0.2) is 35.4 Å². The second-order valence-electron chi connectivity index (χ2n) is 3.18. The lowest BCUT2D eigenvalue weighted by molar-refractivity contribution is -0.137. The van der Waals surface area contributed by atoms with Gasteiger partial charge in [0.15, 0.2) is 0 Å². The highest BCUT2D eigenvalue weighted by atomic mass is 16.5. The van der Waals surface area contributed by atoms with Gasteiger partial charge in [0, 0.05) is 11.8 Å². The molecule has 2 amide bonds. The fraction of sp³-hybridized carbons (Fsp3) is 0.0833. The lowest BCUT2D eigenvalue weighted by atomic mass is 10.2. The van der Waals surface area contributed by atoms with E-state index in [1.807, 2.05) is 29.7 Å². The maximum atomic E-state index is 10.7. The number of carbonyl (C=O) groups is 2. The first-order chi connectivity index (χ1) is 8.65. The molecule has 0 radical (unpaired) electrons. The molecule has 0 unspecified atom stereocenters. The van der Waals surface area contributed by atoms with Crippen LogP contribution < -0.4 is 15.9 Å². The lowest BCUT2D eigenvalue weighted by Crippen LogP contribution is -2.32. The van der Waals surface area contributed by atoms with Crippen molar-refractivity contribution < 1.29 is 14.3 Å². The van der Waals surface area contributed by atoms with Crippen LogP contribution >= 0.6 is 0 Å². The fourth-order valence-electron chi connectivity index (χ4n) is 1.14. The Hall–Kier alpha value is -2.63. The number of nitrogens with zero attached hydrogens (tertiary/aromatic N) is 1. The van der Waals surface area contributed by atoms with Crippen molar-refractivity contribution in [2.75, 3.05) is 7.11 Å². The van der Waals surface area contributed by atoms with Crippen molar-refractivity contribution in [3.05, 3.63) is 35.9 Å². The van der Waals surface area contributed by atoms with E-state index in [0.717, 1.165) is 11.3 Å². The molecule has 0 atom stereocenters. The standard InChI is InChI=1S/C12H13N3O3/c1-18-10-7-3-2-5-9(10)6-4-8-14-15-12(17)11(13)16/h2-8H,1H3,(H2,13,16)(H,15,17). The molecule has 0 spiro atoms. The van der Waals surface area contributed by atoms with Crippen LogP contribution in [0.2, 0.25) is 0 Å². The SMILES string of the molecule is COc1ccccc1C=CC=NNC(=O)C(N)=O. The number of hydrogen-bond donors (Lipinski definition) is 2. The zero-order chi connectivity index (χ0) is 13.4. The highest BCUT2D eigenvalue weighted by Gasteiger charge is 2.04. The third-order valence-corrected chi connectivity index (χ3v) is 1.97. The number of carbonyl (C=O) groups excluding carboxylic acids is 2. The molecule has 0 saturated heterocycles. The van der Waals surface area contributed by atoms with Crippen LogP contribution in [0.5, 0.6) is 5.75 Å². The van der Waals surface area contributed by atoms with Gasteiger partial charge in [0.05, 0.1) is 7.11 Å². The molecule has 0 fully saturated rings. The van der Waals surface area contributed by atoms with E-state index in [2.05, 4.69) is 5.10 Å². The van der Waals surface area contributed by atoms with Crippen LogP contribution in [0, 0.1) is 0 Å². The van der Waals surface area contributed by atoms with Crippen molar-refractivity contribution in [2.24, 2.45) is 10.8 Å². The Bertz CT molecular complexity index is 495. The Morgan fingerprint density at radius 2 is 2.11 bits per heavy atom. The van der Waals surface area contributed by atoms with Gasteiger partial charge >= 0.3 is 11.8 Å². The summed E-state index contributed by atoms with van der Waals surface area (Å²) >= 11 is 0. The van der Waals surface area contributed by atoms with E-state index in [1.54, 1.807) is 19.3 Å². The Morgan fingerprint density at radius 1 is 1.39 bits per heavy atom. The molecule has 1 aromatic rings. The minimum Gasteiger partial charge on any atom is -0.496 e. The molecule has 0 heterocycles. The summed E-state index contributed by atoms with van der Waals surface area (Å²) in [6, 6.07) is 7.42. The zero-order valence-electron chi connectivity index (χ0n) is 9.79. The molecule has 3 N–H and O–H groups in total. The second kappa shape index (κ2) is 6.85. The number of rotatable bonds is 4. The minimum absolute atomic E-state index is 0.725. The van der Waals surface area contributed by atoms with Crippen molar-refractivity contribution in [1.29, 1.82) is 0 Å². The summed E-state index contributed by atoms with van der Waals surface area (Å²) in [6.45, 7) is 0. The molecule has 94 valence electrons. The molecule has 6 nitrogen and oxygen atoms in total. The lowest BCUT2D eigenvalue weighted by Gasteiger charge is -2.02. The largest absolute Gasteiger partial charge is 0.496 e. The maximum absolute atomic E-state index is 10.7.